The van der Waals surface area contributed by atoms with Crippen molar-refractivity contribution in [1.29, 1.82) is 0 Å². The van der Waals surface area contributed by atoms with Gasteiger partial charge in [0.05, 0.1) is 5.69 Å². The minimum atomic E-state index is 0.0474. The summed E-state index contributed by atoms with van der Waals surface area (Å²) in [4.78, 5) is 21.9. The highest BCUT2D eigenvalue weighted by Gasteiger charge is 2.28. The number of hydrogen-bond donors (Lipinski definition) is 0. The summed E-state index contributed by atoms with van der Waals surface area (Å²) in [7, 11) is 4.04. The number of amides is 1. The van der Waals surface area contributed by atoms with Crippen LogP contribution in [0.4, 0.5) is 0 Å². The van der Waals surface area contributed by atoms with Crippen molar-refractivity contribution < 1.29 is 4.79 Å². The Bertz CT molecular complexity index is 719. The number of imidazole rings is 1. The third-order valence-electron chi connectivity index (χ3n) is 4.75. The SMILES string of the molecule is CCc1nc2cc(Cl)ccn2c1C(=O)N(C)C1CCN(C)CC1. The minimum Gasteiger partial charge on any atom is -0.337 e. The van der Waals surface area contributed by atoms with Crippen molar-refractivity contribution in [2.24, 2.45) is 0 Å². The molecule has 0 aromatic carbocycles. The number of halogens is 1. The van der Waals surface area contributed by atoms with Gasteiger partial charge in [-0.3, -0.25) is 9.20 Å². The van der Waals surface area contributed by atoms with Gasteiger partial charge in [-0.1, -0.05) is 18.5 Å². The molecule has 23 heavy (non-hydrogen) atoms. The number of fused-ring (bicyclic) bond motifs is 1. The summed E-state index contributed by atoms with van der Waals surface area (Å²) in [5, 5.41) is 0.632. The van der Waals surface area contributed by atoms with Crippen LogP contribution < -0.4 is 0 Å². The molecule has 1 aliphatic rings. The number of nitrogens with zero attached hydrogens (tertiary/aromatic N) is 4. The molecule has 2 aromatic heterocycles. The second kappa shape index (κ2) is 6.49. The maximum Gasteiger partial charge on any atom is 0.272 e. The van der Waals surface area contributed by atoms with Gasteiger partial charge < -0.3 is 9.80 Å². The number of aryl methyl sites for hydroxylation is 1. The van der Waals surface area contributed by atoms with E-state index in [1.54, 1.807) is 12.1 Å². The van der Waals surface area contributed by atoms with E-state index in [1.165, 1.54) is 0 Å². The van der Waals surface area contributed by atoms with E-state index in [9.17, 15) is 4.79 Å². The average molecular weight is 335 g/mol. The maximum absolute atomic E-state index is 13.1. The molecule has 0 unspecified atom stereocenters. The van der Waals surface area contributed by atoms with E-state index < -0.39 is 0 Å². The summed E-state index contributed by atoms with van der Waals surface area (Å²) in [6, 6.07) is 3.89. The Kier molecular flexibility index (Phi) is 4.60. The second-order valence-corrected chi connectivity index (χ2v) is 6.72. The molecule has 0 N–H and O–H groups in total. The molecule has 0 bridgehead atoms. The number of rotatable bonds is 3. The zero-order chi connectivity index (χ0) is 16.6. The first-order valence-corrected chi connectivity index (χ1v) is 8.51. The summed E-state index contributed by atoms with van der Waals surface area (Å²) in [5.41, 5.74) is 2.23. The van der Waals surface area contributed by atoms with Crippen LogP contribution in [0.1, 0.15) is 35.9 Å². The van der Waals surface area contributed by atoms with Crippen LogP contribution in [0.25, 0.3) is 5.65 Å². The van der Waals surface area contributed by atoms with E-state index in [0.29, 0.717) is 16.8 Å². The van der Waals surface area contributed by atoms with E-state index in [2.05, 4.69) is 16.9 Å². The quantitative estimate of drug-likeness (QED) is 0.866. The Morgan fingerprint density at radius 2 is 2.13 bits per heavy atom. The van der Waals surface area contributed by atoms with Crippen molar-refractivity contribution in [3.05, 3.63) is 34.7 Å². The third-order valence-corrected chi connectivity index (χ3v) is 4.99. The number of hydrogen-bond acceptors (Lipinski definition) is 3. The fraction of sp³-hybridized carbons (Fsp3) is 0.529. The van der Waals surface area contributed by atoms with E-state index in [4.69, 9.17) is 11.6 Å². The average Bonchev–Trinajstić information content (AvgIpc) is 2.91. The molecule has 0 atom stereocenters. The van der Waals surface area contributed by atoms with Crippen molar-refractivity contribution in [1.82, 2.24) is 19.2 Å². The van der Waals surface area contributed by atoms with E-state index >= 15 is 0 Å². The Hall–Kier alpha value is -1.59. The molecule has 1 saturated heterocycles. The van der Waals surface area contributed by atoms with Crippen LogP contribution in [0, 0.1) is 0 Å². The van der Waals surface area contributed by atoms with Crippen molar-refractivity contribution >= 4 is 23.2 Å². The smallest absolute Gasteiger partial charge is 0.272 e. The van der Waals surface area contributed by atoms with Gasteiger partial charge in [0, 0.05) is 30.4 Å². The normalized spacial score (nSPS) is 16.9. The summed E-state index contributed by atoms with van der Waals surface area (Å²) in [6.45, 7) is 4.09. The van der Waals surface area contributed by atoms with Crippen LogP contribution in [0.2, 0.25) is 5.02 Å². The van der Waals surface area contributed by atoms with Crippen molar-refractivity contribution in [3.8, 4) is 0 Å². The molecular weight excluding hydrogens is 312 g/mol. The fourth-order valence-electron chi connectivity index (χ4n) is 3.26. The van der Waals surface area contributed by atoms with Gasteiger partial charge in [-0.25, -0.2) is 4.98 Å². The van der Waals surface area contributed by atoms with Gasteiger partial charge in [0.2, 0.25) is 0 Å². The highest BCUT2D eigenvalue weighted by Crippen LogP contribution is 2.21. The molecular formula is C17H23ClN4O. The summed E-state index contributed by atoms with van der Waals surface area (Å²) >= 11 is 6.05. The molecule has 1 fully saturated rings. The first-order chi connectivity index (χ1) is 11.0. The van der Waals surface area contributed by atoms with Gasteiger partial charge in [0.1, 0.15) is 11.3 Å². The fourth-order valence-corrected chi connectivity index (χ4v) is 3.41. The van der Waals surface area contributed by atoms with Gasteiger partial charge in [-0.2, -0.15) is 0 Å². The Morgan fingerprint density at radius 1 is 1.43 bits per heavy atom. The second-order valence-electron chi connectivity index (χ2n) is 6.28. The summed E-state index contributed by atoms with van der Waals surface area (Å²) in [6.07, 6.45) is 4.59. The van der Waals surface area contributed by atoms with Gasteiger partial charge in [0.25, 0.3) is 5.91 Å². The zero-order valence-electron chi connectivity index (χ0n) is 13.9. The molecule has 124 valence electrons. The lowest BCUT2D eigenvalue weighted by Gasteiger charge is -2.35. The van der Waals surface area contributed by atoms with E-state index in [0.717, 1.165) is 43.7 Å². The van der Waals surface area contributed by atoms with Crippen molar-refractivity contribution in [2.75, 3.05) is 27.2 Å². The largest absolute Gasteiger partial charge is 0.337 e. The molecule has 1 aliphatic heterocycles. The molecule has 0 aliphatic carbocycles. The standard InChI is InChI=1S/C17H23ClN4O/c1-4-14-16(22-10-5-12(18)11-15(22)19-14)17(23)21(3)13-6-8-20(2)9-7-13/h5,10-11,13H,4,6-9H2,1-3H3. The van der Waals surface area contributed by atoms with Gasteiger partial charge >= 0.3 is 0 Å². The molecule has 3 heterocycles. The molecule has 3 rings (SSSR count). The molecule has 6 heteroatoms. The molecule has 0 spiro atoms. The zero-order valence-corrected chi connectivity index (χ0v) is 14.7. The third kappa shape index (κ3) is 3.08. The summed E-state index contributed by atoms with van der Waals surface area (Å²) < 4.78 is 1.86. The Balaban J connectivity index is 1.93. The van der Waals surface area contributed by atoms with Gasteiger partial charge in [-0.05, 0) is 45.5 Å². The predicted molar refractivity (Wildman–Crippen MR) is 92.2 cm³/mol. The number of likely N-dealkylation sites (tertiary alicyclic amines) is 1. The van der Waals surface area contributed by atoms with Crippen LogP contribution in [0.3, 0.4) is 0 Å². The van der Waals surface area contributed by atoms with Gasteiger partial charge in [0.15, 0.2) is 0 Å². The monoisotopic (exact) mass is 334 g/mol. The number of carbonyl (C=O) groups is 1. The Morgan fingerprint density at radius 3 is 2.78 bits per heavy atom. The van der Waals surface area contributed by atoms with E-state index in [-0.39, 0.29) is 5.91 Å². The van der Waals surface area contributed by atoms with Crippen LogP contribution in [-0.2, 0) is 6.42 Å². The van der Waals surface area contributed by atoms with Crippen molar-refractivity contribution in [3.63, 3.8) is 0 Å². The lowest BCUT2D eigenvalue weighted by atomic mass is 10.0. The predicted octanol–water partition coefficient (Wildman–Crippen LogP) is 2.72. The minimum absolute atomic E-state index is 0.0474. The highest BCUT2D eigenvalue weighted by atomic mass is 35.5. The topological polar surface area (TPSA) is 40.9 Å². The molecule has 2 aromatic rings. The van der Waals surface area contributed by atoms with Crippen LogP contribution in [0.5, 0.6) is 0 Å². The highest BCUT2D eigenvalue weighted by molar-refractivity contribution is 6.30. The van der Waals surface area contributed by atoms with Crippen LogP contribution >= 0.6 is 11.6 Å². The van der Waals surface area contributed by atoms with Gasteiger partial charge in [-0.15, -0.1) is 0 Å². The lowest BCUT2D eigenvalue weighted by molar-refractivity contribution is 0.0651. The molecule has 0 radical (unpaired) electrons. The van der Waals surface area contributed by atoms with Crippen LogP contribution in [-0.4, -0.2) is 58.3 Å². The lowest BCUT2D eigenvalue weighted by Crippen LogP contribution is -2.44. The number of piperidine rings is 1. The number of pyridine rings is 1. The van der Waals surface area contributed by atoms with Crippen molar-refractivity contribution in [2.45, 2.75) is 32.2 Å². The maximum atomic E-state index is 13.1. The summed E-state index contributed by atoms with van der Waals surface area (Å²) in [5.74, 6) is 0.0474. The first-order valence-electron chi connectivity index (χ1n) is 8.13. The Labute approximate surface area is 141 Å². The molecule has 0 saturated carbocycles. The first kappa shape index (κ1) is 16.3. The number of carbonyl (C=O) groups excluding carboxylic acids is 1. The molecule has 5 nitrogen and oxygen atoms in total. The van der Waals surface area contributed by atoms with Crippen LogP contribution in [0.15, 0.2) is 18.3 Å². The van der Waals surface area contributed by atoms with E-state index in [1.807, 2.05) is 29.5 Å². The number of aromatic nitrogens is 2. The molecule has 1 amide bonds.